The number of pyridine rings is 1. The van der Waals surface area contributed by atoms with Gasteiger partial charge in [0.1, 0.15) is 5.69 Å². The van der Waals surface area contributed by atoms with E-state index in [0.29, 0.717) is 0 Å². The number of aromatic nitrogens is 5. The second kappa shape index (κ2) is 15.2. The van der Waals surface area contributed by atoms with Crippen molar-refractivity contribution in [2.45, 2.75) is 12.1 Å². The third-order valence-corrected chi connectivity index (χ3v) is 8.36. The van der Waals surface area contributed by atoms with Gasteiger partial charge in [0.25, 0.3) is 15.2 Å². The Balaban J connectivity index is 0.000000232. The lowest BCUT2D eigenvalue weighted by atomic mass is 10.1. The van der Waals surface area contributed by atoms with Crippen LogP contribution >= 0.6 is 34.8 Å². The van der Waals surface area contributed by atoms with Crippen molar-refractivity contribution in [3.8, 4) is 23.0 Å². The molecule has 4 N–H and O–H groups in total. The predicted molar refractivity (Wildman–Crippen MR) is 173 cm³/mol. The summed E-state index contributed by atoms with van der Waals surface area (Å²) in [6, 6.07) is 7.19. The molecule has 0 bridgehead atoms. The number of carboxylic acids is 1. The van der Waals surface area contributed by atoms with Crippen LogP contribution in [-0.2, 0) is 14.8 Å². The summed E-state index contributed by atoms with van der Waals surface area (Å²) in [5.41, 5.74) is 2.68. The van der Waals surface area contributed by atoms with Crippen LogP contribution in [0.2, 0.25) is 15.1 Å². The van der Waals surface area contributed by atoms with Crippen molar-refractivity contribution in [3.05, 3.63) is 80.3 Å². The van der Waals surface area contributed by atoms with E-state index in [4.69, 9.17) is 55.1 Å². The topological polar surface area (TPSA) is 210 Å². The number of carbonyl (C=O) groups excluding carboxylic acids is 1. The number of carbonyl (C=O) groups is 2. The Hall–Kier alpha value is -5.11. The van der Waals surface area contributed by atoms with Crippen LogP contribution in [0.25, 0.3) is 16.9 Å². The number of anilines is 2. The largest absolute Gasteiger partial charge is 0.492 e. The number of nitrogen functional groups attached to an aromatic ring is 1. The summed E-state index contributed by atoms with van der Waals surface area (Å²) in [7, 11) is -2.08. The van der Waals surface area contributed by atoms with Gasteiger partial charge in [-0.25, -0.2) is 23.4 Å². The molecular weight excluding hydrogens is 758 g/mol. The molecule has 0 aliphatic heterocycles. The fraction of sp³-hybridized carbons (Fsp3) is 0.143. The third kappa shape index (κ3) is 7.54. The van der Waals surface area contributed by atoms with Gasteiger partial charge >= 0.3 is 17.9 Å². The average molecular weight is 779 g/mol. The molecule has 50 heavy (non-hydrogen) atoms. The molecule has 0 amide bonds. The molecule has 0 unspecified atom stereocenters. The molecule has 2 aromatic carbocycles. The molecule has 5 rings (SSSR count). The second-order valence-electron chi connectivity index (χ2n) is 9.32. The van der Waals surface area contributed by atoms with Gasteiger partial charge in [-0.3, -0.25) is 4.72 Å². The number of hydrogen-bond acceptors (Lipinski definition) is 12. The monoisotopic (exact) mass is 777 g/mol. The Kier molecular flexibility index (Phi) is 11.5. The van der Waals surface area contributed by atoms with Crippen LogP contribution in [0.5, 0.6) is 11.8 Å². The first-order valence-corrected chi connectivity index (χ1v) is 16.0. The van der Waals surface area contributed by atoms with Crippen LogP contribution in [0.15, 0.2) is 41.6 Å². The average Bonchev–Trinajstić information content (AvgIpc) is 3.51. The SMILES string of the molecule is CCOc1nc(F)cc2nc(S(=O)(=O)Nc3c(Cl)cccc3C(=O)OC)nn12.COc1c(Cl)ccc(-c2nc(C(=O)O)c(Cl)c(N)c2F)c1F. The van der Waals surface area contributed by atoms with Gasteiger partial charge in [0, 0.05) is 11.6 Å². The van der Waals surface area contributed by atoms with Crippen molar-refractivity contribution in [2.75, 3.05) is 31.3 Å². The van der Waals surface area contributed by atoms with E-state index in [-0.39, 0.29) is 50.9 Å². The third-order valence-electron chi connectivity index (χ3n) is 6.24. The summed E-state index contributed by atoms with van der Waals surface area (Å²) in [5.74, 6) is -5.71. The maximum atomic E-state index is 14.3. The summed E-state index contributed by atoms with van der Waals surface area (Å²) >= 11 is 17.4. The number of methoxy groups -OCH3 is 2. The minimum atomic E-state index is -4.40. The predicted octanol–water partition coefficient (Wildman–Crippen LogP) is 5.53. The number of nitrogens with one attached hydrogen (secondary N) is 1. The molecule has 22 heteroatoms. The highest BCUT2D eigenvalue weighted by molar-refractivity contribution is 7.92. The number of nitrogens with two attached hydrogens (primary N) is 1. The van der Waals surface area contributed by atoms with Gasteiger partial charge in [-0.1, -0.05) is 40.9 Å². The summed E-state index contributed by atoms with van der Waals surface area (Å²) in [4.78, 5) is 33.8. The Labute approximate surface area is 294 Å². The fourth-order valence-corrected chi connectivity index (χ4v) is 5.71. The maximum absolute atomic E-state index is 14.3. The van der Waals surface area contributed by atoms with E-state index < -0.39 is 66.8 Å². The minimum Gasteiger partial charge on any atom is -0.492 e. The van der Waals surface area contributed by atoms with E-state index >= 15 is 0 Å². The normalized spacial score (nSPS) is 11.1. The molecule has 5 aromatic rings. The lowest BCUT2D eigenvalue weighted by Crippen LogP contribution is -2.18. The molecule has 0 radical (unpaired) electrons. The number of ether oxygens (including phenoxy) is 3. The molecule has 0 atom stereocenters. The molecular formula is C28H21Cl3F3N7O8S. The van der Waals surface area contributed by atoms with E-state index in [1.807, 2.05) is 0 Å². The standard InChI is InChI=1S/C15H13ClFN5O5S.C13H8Cl2F2N2O3/c1-3-27-15-18-10(17)7-11-19-14(20-22(11)15)28(24,25)21-12-8(13(23)26-2)5-4-6-9(12)16;1-22-12-5(14)3-2-4(7(12)16)10-8(17)9(18)6(15)11(19-10)13(20)21/h4-7,21H,3H2,1-2H3;2-3H,1H3,(H2,18,19)(H,20,21). The first kappa shape index (κ1) is 37.7. The molecule has 0 saturated heterocycles. The molecule has 0 aliphatic rings. The number of esters is 1. The van der Waals surface area contributed by atoms with E-state index in [1.165, 1.54) is 31.4 Å². The van der Waals surface area contributed by atoms with Crippen LogP contribution in [0, 0.1) is 17.6 Å². The van der Waals surface area contributed by atoms with Crippen LogP contribution in [-0.4, -0.2) is 70.9 Å². The van der Waals surface area contributed by atoms with Crippen molar-refractivity contribution in [3.63, 3.8) is 0 Å². The van der Waals surface area contributed by atoms with Crippen LogP contribution < -0.4 is 19.9 Å². The minimum absolute atomic E-state index is 0.0375. The Morgan fingerprint density at radius 2 is 1.72 bits per heavy atom. The number of para-hydroxylation sites is 1. The highest BCUT2D eigenvalue weighted by Crippen LogP contribution is 2.38. The lowest BCUT2D eigenvalue weighted by molar-refractivity contribution is 0.0601. The van der Waals surface area contributed by atoms with Crippen LogP contribution in [0.1, 0.15) is 27.8 Å². The molecule has 0 aliphatic carbocycles. The van der Waals surface area contributed by atoms with Crippen LogP contribution in [0.4, 0.5) is 24.5 Å². The zero-order valence-electron chi connectivity index (χ0n) is 25.5. The van der Waals surface area contributed by atoms with Gasteiger partial charge in [0.2, 0.25) is 5.95 Å². The van der Waals surface area contributed by atoms with E-state index in [0.717, 1.165) is 23.8 Å². The Morgan fingerprint density at radius 3 is 2.34 bits per heavy atom. The highest BCUT2D eigenvalue weighted by atomic mass is 35.5. The van der Waals surface area contributed by atoms with Gasteiger partial charge < -0.3 is 25.1 Å². The first-order chi connectivity index (χ1) is 23.6. The Bertz CT molecular complexity index is 2260. The van der Waals surface area contributed by atoms with Crippen molar-refractivity contribution in [1.29, 1.82) is 0 Å². The van der Waals surface area contributed by atoms with Crippen molar-refractivity contribution < 1.29 is 50.5 Å². The number of hydrogen-bond donors (Lipinski definition) is 3. The molecule has 15 nitrogen and oxygen atoms in total. The second-order valence-corrected chi connectivity index (χ2v) is 12.1. The molecule has 3 heterocycles. The fourth-order valence-electron chi connectivity index (χ4n) is 4.02. The van der Waals surface area contributed by atoms with Crippen LogP contribution in [0.3, 0.4) is 0 Å². The highest BCUT2D eigenvalue weighted by Gasteiger charge is 2.27. The van der Waals surface area contributed by atoms with Gasteiger partial charge in [0.05, 0.1) is 52.8 Å². The van der Waals surface area contributed by atoms with E-state index in [1.54, 1.807) is 6.92 Å². The van der Waals surface area contributed by atoms with Gasteiger partial charge in [-0.05, 0) is 31.2 Å². The number of rotatable bonds is 9. The quantitative estimate of drug-likeness (QED) is 0.124. The van der Waals surface area contributed by atoms with Crippen molar-refractivity contribution in [2.24, 2.45) is 0 Å². The van der Waals surface area contributed by atoms with Gasteiger partial charge in [-0.15, -0.1) is 5.10 Å². The summed E-state index contributed by atoms with van der Waals surface area (Å²) in [5, 5.41) is 11.5. The lowest BCUT2D eigenvalue weighted by Gasteiger charge is -2.12. The number of sulfonamides is 1. The zero-order valence-corrected chi connectivity index (χ0v) is 28.5. The summed E-state index contributed by atoms with van der Waals surface area (Å²) < 4.78 is 85.2. The van der Waals surface area contributed by atoms with E-state index in [2.05, 4.69) is 29.5 Å². The first-order valence-electron chi connectivity index (χ1n) is 13.4. The van der Waals surface area contributed by atoms with Gasteiger partial charge in [-0.2, -0.15) is 27.3 Å². The van der Waals surface area contributed by atoms with Crippen molar-refractivity contribution in [1.82, 2.24) is 24.6 Å². The molecule has 0 spiro atoms. The number of halogens is 6. The number of aromatic carboxylic acids is 1. The smallest absolute Gasteiger partial charge is 0.356 e. The molecule has 0 saturated carbocycles. The number of carboxylic acid groups (broad SMARTS) is 1. The van der Waals surface area contributed by atoms with E-state index in [9.17, 15) is 31.2 Å². The number of fused-ring (bicyclic) bond motifs is 1. The Morgan fingerprint density at radius 1 is 1.02 bits per heavy atom. The van der Waals surface area contributed by atoms with Gasteiger partial charge in [0.15, 0.2) is 28.7 Å². The number of nitrogens with zero attached hydrogens (tertiary/aromatic N) is 5. The summed E-state index contributed by atoms with van der Waals surface area (Å²) in [6.45, 7) is 1.79. The summed E-state index contributed by atoms with van der Waals surface area (Å²) in [6.07, 6.45) is 0. The maximum Gasteiger partial charge on any atom is 0.356 e. The number of benzene rings is 2. The molecule has 3 aromatic heterocycles. The zero-order chi connectivity index (χ0) is 37.1. The molecule has 0 fully saturated rings. The molecule has 264 valence electrons. The van der Waals surface area contributed by atoms with Crippen molar-refractivity contribution >= 4 is 73.8 Å².